The van der Waals surface area contributed by atoms with Crippen molar-refractivity contribution in [2.75, 3.05) is 0 Å². The molecule has 1 aromatic carbocycles. The van der Waals surface area contributed by atoms with Crippen LogP contribution in [0.1, 0.15) is 10.5 Å². The number of hydrogen-bond acceptors (Lipinski definition) is 5. The van der Waals surface area contributed by atoms with Crippen LogP contribution < -0.4 is 0 Å². The van der Waals surface area contributed by atoms with Gasteiger partial charge in [-0.1, -0.05) is 17.8 Å². The second-order valence-electron chi connectivity index (χ2n) is 4.31. The molecular formula is C15H10N2O3S. The van der Waals surface area contributed by atoms with Crippen molar-refractivity contribution in [2.24, 2.45) is 0 Å². The molecule has 2 aromatic heterocycles. The van der Waals surface area contributed by atoms with E-state index in [1.165, 1.54) is 24.0 Å². The van der Waals surface area contributed by atoms with Gasteiger partial charge in [0.1, 0.15) is 16.5 Å². The number of carbonyl (C=O) groups is 1. The van der Waals surface area contributed by atoms with E-state index < -0.39 is 5.97 Å². The van der Waals surface area contributed by atoms with E-state index in [0.717, 1.165) is 15.7 Å². The van der Waals surface area contributed by atoms with Crippen LogP contribution in [0.3, 0.4) is 0 Å². The number of pyridine rings is 2. The molecule has 0 atom stereocenters. The Balaban J connectivity index is 2.04. The van der Waals surface area contributed by atoms with E-state index in [9.17, 15) is 9.90 Å². The lowest BCUT2D eigenvalue weighted by Gasteiger charge is -2.06. The van der Waals surface area contributed by atoms with E-state index in [4.69, 9.17) is 5.11 Å². The molecule has 104 valence electrons. The average Bonchev–Trinajstić information content (AvgIpc) is 2.48. The Bertz CT molecular complexity index is 836. The van der Waals surface area contributed by atoms with Crippen molar-refractivity contribution in [3.8, 4) is 5.75 Å². The van der Waals surface area contributed by atoms with Gasteiger partial charge in [0.25, 0.3) is 0 Å². The summed E-state index contributed by atoms with van der Waals surface area (Å²) in [6.07, 6.45) is 3.13. The minimum absolute atomic E-state index is 0.0110. The van der Waals surface area contributed by atoms with Crippen LogP contribution in [-0.2, 0) is 0 Å². The normalized spacial score (nSPS) is 10.7. The van der Waals surface area contributed by atoms with Crippen molar-refractivity contribution in [1.82, 2.24) is 9.97 Å². The molecule has 0 unspecified atom stereocenters. The maximum atomic E-state index is 10.9. The fourth-order valence-corrected chi connectivity index (χ4v) is 2.84. The maximum Gasteiger partial charge on any atom is 0.354 e. The number of fused-ring (bicyclic) bond motifs is 1. The van der Waals surface area contributed by atoms with Gasteiger partial charge in [0.2, 0.25) is 0 Å². The molecule has 21 heavy (non-hydrogen) atoms. The molecule has 0 aliphatic carbocycles. The zero-order chi connectivity index (χ0) is 14.8. The predicted molar refractivity (Wildman–Crippen MR) is 78.7 cm³/mol. The van der Waals surface area contributed by atoms with Gasteiger partial charge in [-0.15, -0.1) is 0 Å². The largest absolute Gasteiger partial charge is 0.508 e. The SMILES string of the molecule is O=C(O)c1cc(Sc2nccc3ccc(O)cc23)ccn1. The molecule has 2 heterocycles. The highest BCUT2D eigenvalue weighted by Crippen LogP contribution is 2.33. The fourth-order valence-electron chi connectivity index (χ4n) is 1.91. The molecule has 5 nitrogen and oxygen atoms in total. The zero-order valence-electron chi connectivity index (χ0n) is 10.7. The molecule has 2 N–H and O–H groups in total. The number of phenols is 1. The van der Waals surface area contributed by atoms with Crippen LogP contribution in [0.2, 0.25) is 0 Å². The maximum absolute atomic E-state index is 10.9. The Kier molecular flexibility index (Phi) is 3.45. The molecule has 0 amide bonds. The van der Waals surface area contributed by atoms with E-state index in [-0.39, 0.29) is 11.4 Å². The number of rotatable bonds is 3. The first-order valence-electron chi connectivity index (χ1n) is 6.08. The molecular weight excluding hydrogens is 288 g/mol. The summed E-state index contributed by atoms with van der Waals surface area (Å²) in [6, 6.07) is 10.1. The van der Waals surface area contributed by atoms with Gasteiger partial charge in [0.15, 0.2) is 0 Å². The van der Waals surface area contributed by atoms with Gasteiger partial charge in [-0.2, -0.15) is 0 Å². The number of aromatic nitrogens is 2. The summed E-state index contributed by atoms with van der Waals surface area (Å²) in [6.45, 7) is 0. The van der Waals surface area contributed by atoms with Crippen molar-refractivity contribution in [1.29, 1.82) is 0 Å². The summed E-state index contributed by atoms with van der Waals surface area (Å²) in [4.78, 5) is 19.8. The molecule has 0 radical (unpaired) electrons. The smallest absolute Gasteiger partial charge is 0.354 e. The standard InChI is InChI=1S/C15H10N2O3S/c18-10-2-1-9-3-5-17-14(12(9)7-10)21-11-4-6-16-13(8-11)15(19)20/h1-8,18H,(H,19,20). The zero-order valence-corrected chi connectivity index (χ0v) is 11.5. The molecule has 0 saturated carbocycles. The van der Waals surface area contributed by atoms with Crippen LogP contribution in [0.15, 0.2) is 58.7 Å². The number of nitrogens with zero attached hydrogens (tertiary/aromatic N) is 2. The van der Waals surface area contributed by atoms with Crippen LogP contribution in [0, 0.1) is 0 Å². The summed E-state index contributed by atoms with van der Waals surface area (Å²) in [5.41, 5.74) is -0.0110. The van der Waals surface area contributed by atoms with Gasteiger partial charge in [0.05, 0.1) is 0 Å². The molecule has 3 aromatic rings. The molecule has 0 saturated heterocycles. The first-order valence-corrected chi connectivity index (χ1v) is 6.90. The Morgan fingerprint density at radius 1 is 1.05 bits per heavy atom. The van der Waals surface area contributed by atoms with Crippen molar-refractivity contribution >= 4 is 28.5 Å². The van der Waals surface area contributed by atoms with Crippen LogP contribution >= 0.6 is 11.8 Å². The predicted octanol–water partition coefficient (Wildman–Crippen LogP) is 3.18. The lowest BCUT2D eigenvalue weighted by atomic mass is 10.2. The quantitative estimate of drug-likeness (QED) is 0.772. The number of carboxylic acids is 1. The second-order valence-corrected chi connectivity index (χ2v) is 5.37. The summed E-state index contributed by atoms with van der Waals surface area (Å²) in [7, 11) is 0. The highest BCUT2D eigenvalue weighted by atomic mass is 32.2. The van der Waals surface area contributed by atoms with Gasteiger partial charge in [0, 0.05) is 22.7 Å². The number of aromatic carboxylic acids is 1. The van der Waals surface area contributed by atoms with Crippen molar-refractivity contribution in [3.63, 3.8) is 0 Å². The second kappa shape index (κ2) is 5.41. The first kappa shape index (κ1) is 13.4. The van der Waals surface area contributed by atoms with Crippen LogP contribution in [0.25, 0.3) is 10.8 Å². The molecule has 0 aliphatic rings. The highest BCUT2D eigenvalue weighted by molar-refractivity contribution is 7.99. The number of aromatic hydroxyl groups is 1. The number of phenolic OH excluding ortho intramolecular Hbond substituents is 1. The van der Waals surface area contributed by atoms with E-state index in [1.807, 2.05) is 12.1 Å². The minimum atomic E-state index is -1.07. The van der Waals surface area contributed by atoms with Gasteiger partial charge in [-0.25, -0.2) is 14.8 Å². The van der Waals surface area contributed by atoms with Crippen LogP contribution in [0.4, 0.5) is 0 Å². The number of hydrogen-bond donors (Lipinski definition) is 2. The van der Waals surface area contributed by atoms with E-state index in [1.54, 1.807) is 24.4 Å². The lowest BCUT2D eigenvalue weighted by Crippen LogP contribution is -1.99. The molecule has 0 fully saturated rings. The summed E-state index contributed by atoms with van der Waals surface area (Å²) < 4.78 is 0. The molecule has 3 rings (SSSR count). The number of benzene rings is 1. The van der Waals surface area contributed by atoms with Crippen molar-refractivity contribution in [2.45, 2.75) is 9.92 Å². The van der Waals surface area contributed by atoms with Gasteiger partial charge >= 0.3 is 5.97 Å². The van der Waals surface area contributed by atoms with Crippen LogP contribution in [0.5, 0.6) is 5.75 Å². The lowest BCUT2D eigenvalue weighted by molar-refractivity contribution is 0.0690. The van der Waals surface area contributed by atoms with Gasteiger partial charge in [-0.3, -0.25) is 0 Å². The summed E-state index contributed by atoms with van der Waals surface area (Å²) in [5, 5.41) is 21.0. The van der Waals surface area contributed by atoms with Gasteiger partial charge in [-0.05, 0) is 35.7 Å². The topological polar surface area (TPSA) is 83.3 Å². The molecule has 0 bridgehead atoms. The fraction of sp³-hybridized carbons (Fsp3) is 0. The number of carboxylic acid groups (broad SMARTS) is 1. The minimum Gasteiger partial charge on any atom is -0.508 e. The third kappa shape index (κ3) is 2.80. The van der Waals surface area contributed by atoms with Crippen molar-refractivity contribution in [3.05, 3.63) is 54.5 Å². The Morgan fingerprint density at radius 3 is 2.67 bits per heavy atom. The van der Waals surface area contributed by atoms with E-state index >= 15 is 0 Å². The molecule has 0 aliphatic heterocycles. The van der Waals surface area contributed by atoms with E-state index in [0.29, 0.717) is 5.03 Å². The third-order valence-corrected chi connectivity index (χ3v) is 3.89. The van der Waals surface area contributed by atoms with Crippen LogP contribution in [-0.4, -0.2) is 26.2 Å². The summed E-state index contributed by atoms with van der Waals surface area (Å²) >= 11 is 1.33. The van der Waals surface area contributed by atoms with Crippen molar-refractivity contribution < 1.29 is 15.0 Å². The van der Waals surface area contributed by atoms with Gasteiger partial charge < -0.3 is 10.2 Å². The Hall–Kier alpha value is -2.60. The first-order chi connectivity index (χ1) is 10.1. The molecule has 6 heteroatoms. The Labute approximate surface area is 124 Å². The summed E-state index contributed by atoms with van der Waals surface area (Å²) in [5.74, 6) is -0.903. The molecule has 0 spiro atoms. The highest BCUT2D eigenvalue weighted by Gasteiger charge is 2.09. The third-order valence-electron chi connectivity index (χ3n) is 2.88. The Morgan fingerprint density at radius 2 is 1.86 bits per heavy atom. The average molecular weight is 298 g/mol. The monoisotopic (exact) mass is 298 g/mol. The van der Waals surface area contributed by atoms with E-state index in [2.05, 4.69) is 9.97 Å².